The maximum Gasteiger partial charge on any atom is 0.324 e. The van der Waals surface area contributed by atoms with E-state index in [1.165, 1.54) is 14.2 Å². The van der Waals surface area contributed by atoms with Crippen molar-refractivity contribution in [2.45, 2.75) is 18.9 Å². The molecule has 0 spiro atoms. The molecule has 1 aliphatic heterocycles. The van der Waals surface area contributed by atoms with Gasteiger partial charge in [0.1, 0.15) is 6.04 Å². The fraction of sp³-hybridized carbons (Fsp3) is 0.333. The van der Waals surface area contributed by atoms with Gasteiger partial charge in [-0.2, -0.15) is 0 Å². The summed E-state index contributed by atoms with van der Waals surface area (Å²) in [4.78, 5) is 47.2. The van der Waals surface area contributed by atoms with Gasteiger partial charge in [0.05, 0.1) is 13.5 Å². The second kappa shape index (κ2) is 6.91. The molecule has 2 N–H and O–H groups in total. The molecule has 8 heteroatoms. The quantitative estimate of drug-likeness (QED) is 0.617. The molecule has 1 unspecified atom stereocenters. The molecule has 1 saturated heterocycles. The molecule has 4 amide bonds. The first kappa shape index (κ1) is 16.5. The maximum absolute atomic E-state index is 12.0. The number of likely N-dealkylation sites (N-methyl/N-ethyl adjacent to an activating group) is 1. The molecule has 1 heterocycles. The molecule has 2 rings (SSSR count). The van der Waals surface area contributed by atoms with Crippen molar-refractivity contribution in [1.82, 2.24) is 10.2 Å². The minimum Gasteiger partial charge on any atom is -0.469 e. The van der Waals surface area contributed by atoms with E-state index in [4.69, 9.17) is 0 Å². The van der Waals surface area contributed by atoms with Crippen LogP contribution in [-0.4, -0.2) is 42.9 Å². The number of imide groups is 1. The van der Waals surface area contributed by atoms with Crippen LogP contribution in [-0.2, 0) is 19.1 Å². The number of urea groups is 1. The van der Waals surface area contributed by atoms with E-state index in [-0.39, 0.29) is 24.7 Å². The lowest BCUT2D eigenvalue weighted by Crippen LogP contribution is -2.25. The standard InChI is InChI=1S/C15H17N3O5/c1-18-14(21)13(17-15(18)22)9-4-3-5-10(8-9)16-11(19)6-7-12(20)23-2/h3-5,8,13H,6-7H2,1-2H3,(H,16,19)(H,17,22). The third-order valence-corrected chi connectivity index (χ3v) is 3.44. The van der Waals surface area contributed by atoms with Gasteiger partial charge in [0.2, 0.25) is 5.91 Å². The van der Waals surface area contributed by atoms with Crippen LogP contribution in [0.15, 0.2) is 24.3 Å². The van der Waals surface area contributed by atoms with Gasteiger partial charge in [-0.15, -0.1) is 0 Å². The topological polar surface area (TPSA) is 105 Å². The third kappa shape index (κ3) is 3.85. The third-order valence-electron chi connectivity index (χ3n) is 3.44. The highest BCUT2D eigenvalue weighted by atomic mass is 16.5. The van der Waals surface area contributed by atoms with Crippen molar-refractivity contribution in [3.05, 3.63) is 29.8 Å². The number of carbonyl (C=O) groups is 4. The van der Waals surface area contributed by atoms with Gasteiger partial charge in [0.25, 0.3) is 5.91 Å². The number of nitrogens with one attached hydrogen (secondary N) is 2. The zero-order valence-corrected chi connectivity index (χ0v) is 12.8. The summed E-state index contributed by atoms with van der Waals surface area (Å²) in [6.07, 6.45) is -0.0112. The van der Waals surface area contributed by atoms with Crippen LogP contribution in [0.2, 0.25) is 0 Å². The summed E-state index contributed by atoms with van der Waals surface area (Å²) in [6.45, 7) is 0. The number of hydrogen-bond acceptors (Lipinski definition) is 5. The van der Waals surface area contributed by atoms with Gasteiger partial charge in [0.15, 0.2) is 0 Å². The molecular weight excluding hydrogens is 302 g/mol. The number of carbonyl (C=O) groups excluding carboxylic acids is 4. The highest BCUT2D eigenvalue weighted by Gasteiger charge is 2.36. The van der Waals surface area contributed by atoms with E-state index in [2.05, 4.69) is 15.4 Å². The smallest absolute Gasteiger partial charge is 0.324 e. The second-order valence-electron chi connectivity index (χ2n) is 5.03. The van der Waals surface area contributed by atoms with E-state index >= 15 is 0 Å². The number of nitrogens with zero attached hydrogens (tertiary/aromatic N) is 1. The molecule has 0 bridgehead atoms. The Bertz CT molecular complexity index is 658. The van der Waals surface area contributed by atoms with Crippen molar-refractivity contribution in [2.75, 3.05) is 19.5 Å². The van der Waals surface area contributed by atoms with Crippen LogP contribution in [0.1, 0.15) is 24.4 Å². The Morgan fingerprint density at radius 1 is 1.30 bits per heavy atom. The summed E-state index contributed by atoms with van der Waals surface area (Å²) in [5.74, 6) is -1.16. The molecule has 1 atom stereocenters. The normalized spacial score (nSPS) is 17.0. The van der Waals surface area contributed by atoms with E-state index in [0.717, 1.165) is 4.90 Å². The summed E-state index contributed by atoms with van der Waals surface area (Å²) in [5.41, 5.74) is 1.05. The van der Waals surface area contributed by atoms with Crippen molar-refractivity contribution in [3.8, 4) is 0 Å². The van der Waals surface area contributed by atoms with Gasteiger partial charge >= 0.3 is 12.0 Å². The predicted octanol–water partition coefficient (Wildman–Crippen LogP) is 0.801. The van der Waals surface area contributed by atoms with Crippen LogP contribution < -0.4 is 10.6 Å². The van der Waals surface area contributed by atoms with Crippen LogP contribution in [0.3, 0.4) is 0 Å². The van der Waals surface area contributed by atoms with E-state index in [1.807, 2.05) is 0 Å². The summed E-state index contributed by atoms with van der Waals surface area (Å²) < 4.78 is 4.47. The zero-order valence-electron chi connectivity index (χ0n) is 12.8. The van der Waals surface area contributed by atoms with Crippen molar-refractivity contribution < 1.29 is 23.9 Å². The van der Waals surface area contributed by atoms with E-state index in [0.29, 0.717) is 11.3 Å². The van der Waals surface area contributed by atoms with Gasteiger partial charge < -0.3 is 15.4 Å². The number of esters is 1. The minimum absolute atomic E-state index is 0.00126. The monoisotopic (exact) mass is 319 g/mol. The molecule has 0 radical (unpaired) electrons. The Labute approximate surface area is 132 Å². The molecule has 1 aliphatic rings. The van der Waals surface area contributed by atoms with Gasteiger partial charge in [0, 0.05) is 19.2 Å². The number of ether oxygens (including phenoxy) is 1. The molecular formula is C15H17N3O5. The van der Waals surface area contributed by atoms with Crippen molar-refractivity contribution >= 4 is 29.5 Å². The molecule has 8 nitrogen and oxygen atoms in total. The van der Waals surface area contributed by atoms with Crippen molar-refractivity contribution in [1.29, 1.82) is 0 Å². The number of amides is 4. The average molecular weight is 319 g/mol. The van der Waals surface area contributed by atoms with Crippen LogP contribution in [0.25, 0.3) is 0 Å². The Kier molecular flexibility index (Phi) is 4.95. The minimum atomic E-state index is -0.764. The van der Waals surface area contributed by atoms with Gasteiger partial charge in [-0.25, -0.2) is 4.79 Å². The van der Waals surface area contributed by atoms with Crippen LogP contribution in [0.4, 0.5) is 10.5 Å². The highest BCUT2D eigenvalue weighted by molar-refractivity contribution is 6.04. The summed E-state index contributed by atoms with van der Waals surface area (Å²) in [5, 5.41) is 5.20. The lowest BCUT2D eigenvalue weighted by molar-refractivity contribution is -0.141. The van der Waals surface area contributed by atoms with Crippen LogP contribution in [0, 0.1) is 0 Å². The number of benzene rings is 1. The maximum atomic E-state index is 12.0. The fourth-order valence-corrected chi connectivity index (χ4v) is 2.14. The summed E-state index contributed by atoms with van der Waals surface area (Å²) in [6, 6.07) is 5.39. The molecule has 1 aromatic carbocycles. The predicted molar refractivity (Wildman–Crippen MR) is 80.4 cm³/mol. The molecule has 122 valence electrons. The van der Waals surface area contributed by atoms with Crippen molar-refractivity contribution in [2.24, 2.45) is 0 Å². The molecule has 0 aromatic heterocycles. The Morgan fingerprint density at radius 2 is 2.04 bits per heavy atom. The molecule has 0 saturated carbocycles. The van der Waals surface area contributed by atoms with Crippen LogP contribution in [0.5, 0.6) is 0 Å². The second-order valence-corrected chi connectivity index (χ2v) is 5.03. The fourth-order valence-electron chi connectivity index (χ4n) is 2.14. The zero-order chi connectivity index (χ0) is 17.0. The van der Waals surface area contributed by atoms with Gasteiger partial charge in [-0.1, -0.05) is 12.1 Å². The summed E-state index contributed by atoms with van der Waals surface area (Å²) in [7, 11) is 2.66. The molecule has 1 aromatic rings. The van der Waals surface area contributed by atoms with Crippen molar-refractivity contribution in [3.63, 3.8) is 0 Å². The van der Waals surface area contributed by atoms with Gasteiger partial charge in [-0.3, -0.25) is 19.3 Å². The molecule has 0 aliphatic carbocycles. The SMILES string of the molecule is COC(=O)CCC(=O)Nc1cccc(C2NC(=O)N(C)C2=O)c1. The molecule has 23 heavy (non-hydrogen) atoms. The summed E-state index contributed by atoms with van der Waals surface area (Å²) >= 11 is 0. The van der Waals surface area contributed by atoms with E-state index in [1.54, 1.807) is 24.3 Å². The Hall–Kier alpha value is -2.90. The lowest BCUT2D eigenvalue weighted by Gasteiger charge is -2.11. The van der Waals surface area contributed by atoms with E-state index in [9.17, 15) is 19.2 Å². The first-order valence-electron chi connectivity index (χ1n) is 6.97. The van der Waals surface area contributed by atoms with Crippen LogP contribution >= 0.6 is 0 Å². The number of hydrogen-bond donors (Lipinski definition) is 2. The highest BCUT2D eigenvalue weighted by Crippen LogP contribution is 2.23. The Balaban J connectivity index is 2.03. The number of rotatable bonds is 5. The largest absolute Gasteiger partial charge is 0.469 e. The molecule has 1 fully saturated rings. The number of anilines is 1. The Morgan fingerprint density at radius 3 is 2.65 bits per heavy atom. The lowest BCUT2D eigenvalue weighted by atomic mass is 10.1. The van der Waals surface area contributed by atoms with E-state index < -0.39 is 18.0 Å². The number of methoxy groups -OCH3 is 1. The van der Waals surface area contributed by atoms with Gasteiger partial charge in [-0.05, 0) is 17.7 Å². The first-order valence-corrected chi connectivity index (χ1v) is 6.97. The first-order chi connectivity index (χ1) is 10.9. The average Bonchev–Trinajstić information content (AvgIpc) is 2.80.